The molecule has 1 saturated heterocycles. The third-order valence-corrected chi connectivity index (χ3v) is 3.66. The number of ketones is 1. The molecule has 4 nitrogen and oxygen atoms in total. The SMILES string of the molecule is CCc1ccccc1C(=O)[C@@H]1CCC(=O)N1CCN.S. The molecule has 1 atom stereocenters. The lowest BCUT2D eigenvalue weighted by Crippen LogP contribution is -2.41. The molecule has 0 aliphatic carbocycles. The molecule has 2 N–H and O–H groups in total. The fourth-order valence-corrected chi connectivity index (χ4v) is 2.67. The molecular formula is C15H22N2O2S. The maximum atomic E-state index is 12.6. The van der Waals surface area contributed by atoms with Crippen LogP contribution in [0.2, 0.25) is 0 Å². The van der Waals surface area contributed by atoms with E-state index in [1.165, 1.54) is 0 Å². The van der Waals surface area contributed by atoms with Crippen molar-refractivity contribution in [3.8, 4) is 0 Å². The van der Waals surface area contributed by atoms with E-state index in [1.54, 1.807) is 4.90 Å². The fraction of sp³-hybridized carbons (Fsp3) is 0.467. The number of benzene rings is 1. The molecule has 1 fully saturated rings. The number of hydrogen-bond acceptors (Lipinski definition) is 3. The van der Waals surface area contributed by atoms with Gasteiger partial charge in [-0.1, -0.05) is 31.2 Å². The molecule has 0 bridgehead atoms. The van der Waals surface area contributed by atoms with Crippen LogP contribution in [0.25, 0.3) is 0 Å². The van der Waals surface area contributed by atoms with Crippen molar-refractivity contribution in [1.29, 1.82) is 0 Å². The number of likely N-dealkylation sites (tertiary alicyclic amines) is 1. The van der Waals surface area contributed by atoms with Gasteiger partial charge in [0.2, 0.25) is 5.91 Å². The lowest BCUT2D eigenvalue weighted by Gasteiger charge is -2.23. The Morgan fingerprint density at radius 2 is 2.10 bits per heavy atom. The van der Waals surface area contributed by atoms with Gasteiger partial charge in [0.05, 0.1) is 6.04 Å². The Bertz CT molecular complexity index is 491. The second-order valence-electron chi connectivity index (χ2n) is 4.81. The average Bonchev–Trinajstić information content (AvgIpc) is 2.80. The number of rotatable bonds is 5. The van der Waals surface area contributed by atoms with E-state index in [0.717, 1.165) is 17.5 Å². The van der Waals surface area contributed by atoms with Gasteiger partial charge in [0.15, 0.2) is 5.78 Å². The van der Waals surface area contributed by atoms with Crippen LogP contribution in [0.1, 0.15) is 35.7 Å². The smallest absolute Gasteiger partial charge is 0.223 e. The molecule has 2 rings (SSSR count). The van der Waals surface area contributed by atoms with Crippen LogP contribution < -0.4 is 5.73 Å². The van der Waals surface area contributed by atoms with Crippen molar-refractivity contribution >= 4 is 25.2 Å². The Hall–Kier alpha value is -1.33. The summed E-state index contributed by atoms with van der Waals surface area (Å²) in [5.74, 6) is 0.0922. The Labute approximate surface area is 126 Å². The topological polar surface area (TPSA) is 63.4 Å². The highest BCUT2D eigenvalue weighted by Crippen LogP contribution is 2.23. The van der Waals surface area contributed by atoms with Crippen LogP contribution in [0.3, 0.4) is 0 Å². The van der Waals surface area contributed by atoms with E-state index in [2.05, 4.69) is 0 Å². The number of Topliss-reactive ketones (excluding diaryl/α,β-unsaturated/α-hetero) is 1. The van der Waals surface area contributed by atoms with Gasteiger partial charge in [-0.3, -0.25) is 9.59 Å². The van der Waals surface area contributed by atoms with Gasteiger partial charge in [0, 0.05) is 25.1 Å². The first-order valence-corrected chi connectivity index (χ1v) is 6.80. The Morgan fingerprint density at radius 1 is 1.40 bits per heavy atom. The summed E-state index contributed by atoms with van der Waals surface area (Å²) in [6.07, 6.45) is 1.87. The minimum absolute atomic E-state index is 0. The Balaban J connectivity index is 0.00000200. The molecule has 1 amide bonds. The minimum atomic E-state index is -0.330. The predicted octanol–water partition coefficient (Wildman–Crippen LogP) is 1.49. The van der Waals surface area contributed by atoms with Crippen molar-refractivity contribution in [1.82, 2.24) is 4.90 Å². The van der Waals surface area contributed by atoms with E-state index in [0.29, 0.717) is 25.9 Å². The fourth-order valence-electron chi connectivity index (χ4n) is 2.67. The summed E-state index contributed by atoms with van der Waals surface area (Å²) >= 11 is 0. The summed E-state index contributed by atoms with van der Waals surface area (Å²) in [6, 6.07) is 7.30. The highest BCUT2D eigenvalue weighted by molar-refractivity contribution is 7.59. The van der Waals surface area contributed by atoms with Crippen LogP contribution >= 0.6 is 13.5 Å². The lowest BCUT2D eigenvalue weighted by atomic mass is 9.96. The zero-order valence-corrected chi connectivity index (χ0v) is 12.8. The number of nitrogens with two attached hydrogens (primary N) is 1. The minimum Gasteiger partial charge on any atom is -0.331 e. The van der Waals surface area contributed by atoms with Gasteiger partial charge in [-0.25, -0.2) is 0 Å². The van der Waals surface area contributed by atoms with Crippen molar-refractivity contribution in [2.75, 3.05) is 13.1 Å². The van der Waals surface area contributed by atoms with E-state index in [9.17, 15) is 9.59 Å². The number of amides is 1. The van der Waals surface area contributed by atoms with E-state index < -0.39 is 0 Å². The number of carbonyl (C=O) groups excluding carboxylic acids is 2. The van der Waals surface area contributed by atoms with Crippen LogP contribution in [-0.2, 0) is 11.2 Å². The molecule has 0 aromatic heterocycles. The van der Waals surface area contributed by atoms with Gasteiger partial charge in [-0.2, -0.15) is 13.5 Å². The second-order valence-corrected chi connectivity index (χ2v) is 4.81. The summed E-state index contributed by atoms with van der Waals surface area (Å²) in [4.78, 5) is 26.0. The van der Waals surface area contributed by atoms with Crippen molar-refractivity contribution < 1.29 is 9.59 Å². The third-order valence-electron chi connectivity index (χ3n) is 3.66. The molecule has 0 spiro atoms. The lowest BCUT2D eigenvalue weighted by molar-refractivity contribution is -0.128. The van der Waals surface area contributed by atoms with Gasteiger partial charge in [-0.15, -0.1) is 0 Å². The van der Waals surface area contributed by atoms with E-state index >= 15 is 0 Å². The van der Waals surface area contributed by atoms with Crippen molar-refractivity contribution in [3.63, 3.8) is 0 Å². The second kappa shape index (κ2) is 7.45. The Kier molecular flexibility index (Phi) is 6.23. The zero-order chi connectivity index (χ0) is 13.8. The first-order valence-electron chi connectivity index (χ1n) is 6.80. The van der Waals surface area contributed by atoms with Gasteiger partial charge in [0.1, 0.15) is 0 Å². The molecule has 0 unspecified atom stereocenters. The normalized spacial score (nSPS) is 18.0. The molecule has 1 aliphatic rings. The largest absolute Gasteiger partial charge is 0.331 e. The molecule has 0 radical (unpaired) electrons. The average molecular weight is 294 g/mol. The number of aryl methyl sites for hydroxylation is 1. The summed E-state index contributed by atoms with van der Waals surface area (Å²) in [5, 5.41) is 0. The number of hydrogen-bond donors (Lipinski definition) is 1. The maximum absolute atomic E-state index is 12.6. The first kappa shape index (κ1) is 16.7. The molecule has 1 aromatic carbocycles. The highest BCUT2D eigenvalue weighted by Gasteiger charge is 2.36. The van der Waals surface area contributed by atoms with Gasteiger partial charge >= 0.3 is 0 Å². The van der Waals surface area contributed by atoms with Crippen LogP contribution in [-0.4, -0.2) is 35.7 Å². The van der Waals surface area contributed by atoms with Crippen LogP contribution in [0, 0.1) is 0 Å². The summed E-state index contributed by atoms with van der Waals surface area (Å²) in [5.41, 5.74) is 7.31. The van der Waals surface area contributed by atoms with E-state index in [4.69, 9.17) is 5.73 Å². The first-order chi connectivity index (χ1) is 9.19. The van der Waals surface area contributed by atoms with Crippen molar-refractivity contribution in [2.45, 2.75) is 32.2 Å². The van der Waals surface area contributed by atoms with Crippen molar-refractivity contribution in [3.05, 3.63) is 35.4 Å². The van der Waals surface area contributed by atoms with Gasteiger partial charge in [-0.05, 0) is 18.4 Å². The molecular weight excluding hydrogens is 272 g/mol. The predicted molar refractivity (Wildman–Crippen MR) is 84.3 cm³/mol. The third kappa shape index (κ3) is 3.22. The summed E-state index contributed by atoms with van der Waals surface area (Å²) < 4.78 is 0. The molecule has 20 heavy (non-hydrogen) atoms. The number of carbonyl (C=O) groups is 2. The Morgan fingerprint density at radius 3 is 2.75 bits per heavy atom. The molecule has 1 heterocycles. The highest BCUT2D eigenvalue weighted by atomic mass is 32.1. The quantitative estimate of drug-likeness (QED) is 0.837. The van der Waals surface area contributed by atoms with Crippen LogP contribution in [0.15, 0.2) is 24.3 Å². The van der Waals surface area contributed by atoms with Crippen LogP contribution in [0.4, 0.5) is 0 Å². The standard InChI is InChI=1S/C15H20N2O2.H2S/c1-2-11-5-3-4-6-12(11)15(19)13-7-8-14(18)17(13)10-9-16;/h3-6,13H,2,7-10,16H2,1H3;1H2/t13-;/m0./s1. The molecule has 1 aliphatic heterocycles. The maximum Gasteiger partial charge on any atom is 0.223 e. The number of nitrogens with zero attached hydrogens (tertiary/aromatic N) is 1. The summed E-state index contributed by atoms with van der Waals surface area (Å²) in [7, 11) is 0. The zero-order valence-electron chi connectivity index (χ0n) is 11.8. The molecule has 1 aromatic rings. The van der Waals surface area contributed by atoms with Crippen LogP contribution in [0.5, 0.6) is 0 Å². The molecule has 0 saturated carbocycles. The van der Waals surface area contributed by atoms with Gasteiger partial charge < -0.3 is 10.6 Å². The molecule has 110 valence electrons. The van der Waals surface area contributed by atoms with Crippen molar-refractivity contribution in [2.24, 2.45) is 5.73 Å². The molecule has 5 heteroatoms. The van der Waals surface area contributed by atoms with E-state index in [1.807, 2.05) is 31.2 Å². The monoisotopic (exact) mass is 294 g/mol. The van der Waals surface area contributed by atoms with E-state index in [-0.39, 0.29) is 31.2 Å². The van der Waals surface area contributed by atoms with Gasteiger partial charge in [0.25, 0.3) is 0 Å². The summed E-state index contributed by atoms with van der Waals surface area (Å²) in [6.45, 7) is 2.89.